The van der Waals surface area contributed by atoms with Gasteiger partial charge in [-0.15, -0.1) is 11.3 Å². The Morgan fingerprint density at radius 1 is 1.21 bits per heavy atom. The third kappa shape index (κ3) is 3.60. The van der Waals surface area contributed by atoms with Crippen molar-refractivity contribution in [2.24, 2.45) is 5.84 Å². The number of hydrazine groups is 1. The molecule has 0 saturated heterocycles. The molecule has 0 saturated carbocycles. The Morgan fingerprint density at radius 3 is 2.42 bits per heavy atom. The van der Waals surface area contributed by atoms with Crippen LogP contribution >= 0.6 is 27.3 Å². The number of nitrogens with two attached hydrogens (primary N) is 1. The van der Waals surface area contributed by atoms with E-state index in [1.165, 1.54) is 18.2 Å². The van der Waals surface area contributed by atoms with Gasteiger partial charge in [-0.25, -0.2) is 8.78 Å². The molecule has 1 heterocycles. The Bertz CT molecular complexity index is 539. The Hall–Kier alpha value is -0.820. The second-order valence-electron chi connectivity index (χ2n) is 4.16. The van der Waals surface area contributed by atoms with Crippen LogP contribution in [0.15, 0.2) is 34.1 Å². The third-order valence-electron chi connectivity index (χ3n) is 2.87. The van der Waals surface area contributed by atoms with Gasteiger partial charge in [0.05, 0.1) is 0 Å². The van der Waals surface area contributed by atoms with E-state index >= 15 is 0 Å². The fourth-order valence-electron chi connectivity index (χ4n) is 1.86. The van der Waals surface area contributed by atoms with Crippen LogP contribution in [-0.4, -0.2) is 6.04 Å². The van der Waals surface area contributed by atoms with Crippen LogP contribution in [0.3, 0.4) is 0 Å². The third-order valence-corrected chi connectivity index (χ3v) is 4.82. The summed E-state index contributed by atoms with van der Waals surface area (Å²) in [5, 5.41) is 1.96. The summed E-state index contributed by atoms with van der Waals surface area (Å²) in [4.78, 5) is 1.10. The zero-order chi connectivity index (χ0) is 13.8. The van der Waals surface area contributed by atoms with Crippen LogP contribution in [0.5, 0.6) is 0 Å². The average Bonchev–Trinajstić information content (AvgIpc) is 2.78. The molecule has 1 unspecified atom stereocenters. The van der Waals surface area contributed by atoms with E-state index in [9.17, 15) is 8.78 Å². The second-order valence-corrected chi connectivity index (χ2v) is 6.02. The lowest BCUT2D eigenvalue weighted by atomic mass is 10.0. The van der Waals surface area contributed by atoms with Crippen molar-refractivity contribution in [2.75, 3.05) is 0 Å². The van der Waals surface area contributed by atoms with Gasteiger partial charge in [-0.1, -0.05) is 6.07 Å². The quantitative estimate of drug-likeness (QED) is 0.643. The van der Waals surface area contributed by atoms with Crippen molar-refractivity contribution in [2.45, 2.75) is 18.9 Å². The van der Waals surface area contributed by atoms with Crippen molar-refractivity contribution in [3.8, 4) is 0 Å². The zero-order valence-corrected chi connectivity index (χ0v) is 12.4. The monoisotopic (exact) mass is 346 g/mol. The summed E-state index contributed by atoms with van der Waals surface area (Å²) in [5.41, 5.74) is 2.69. The van der Waals surface area contributed by atoms with Crippen LogP contribution in [0.1, 0.15) is 10.4 Å². The lowest BCUT2D eigenvalue weighted by Gasteiger charge is -2.16. The van der Waals surface area contributed by atoms with E-state index in [4.69, 9.17) is 5.84 Å². The fraction of sp³-hybridized carbons (Fsp3) is 0.231. The molecule has 6 heteroatoms. The van der Waals surface area contributed by atoms with E-state index in [-0.39, 0.29) is 18.0 Å². The first-order valence-electron chi connectivity index (χ1n) is 5.72. The highest BCUT2D eigenvalue weighted by atomic mass is 79.9. The average molecular weight is 347 g/mol. The summed E-state index contributed by atoms with van der Waals surface area (Å²) in [6, 6.07) is 5.59. The van der Waals surface area contributed by atoms with Crippen molar-refractivity contribution < 1.29 is 8.78 Å². The number of hydrogen-bond donors (Lipinski definition) is 2. The summed E-state index contributed by atoms with van der Waals surface area (Å²) < 4.78 is 28.2. The number of halogens is 3. The SMILES string of the molecule is NNC(Cc1sccc1Br)Cc1c(F)cccc1F. The maximum absolute atomic E-state index is 13.6. The number of hydrogen-bond acceptors (Lipinski definition) is 3. The van der Waals surface area contributed by atoms with Gasteiger partial charge >= 0.3 is 0 Å². The maximum Gasteiger partial charge on any atom is 0.129 e. The molecule has 2 rings (SSSR count). The van der Waals surface area contributed by atoms with Crippen LogP contribution in [0.2, 0.25) is 0 Å². The molecule has 0 radical (unpaired) electrons. The van der Waals surface area contributed by atoms with E-state index in [2.05, 4.69) is 21.4 Å². The fourth-order valence-corrected chi connectivity index (χ4v) is 3.45. The molecule has 2 aromatic rings. The first kappa shape index (κ1) is 14.6. The zero-order valence-electron chi connectivity index (χ0n) is 10.00. The minimum atomic E-state index is -0.537. The van der Waals surface area contributed by atoms with E-state index in [0.29, 0.717) is 6.42 Å². The predicted octanol–water partition coefficient (Wildman–Crippen LogP) is 3.41. The van der Waals surface area contributed by atoms with Crippen LogP contribution < -0.4 is 11.3 Å². The molecule has 0 spiro atoms. The second kappa shape index (κ2) is 6.56. The Morgan fingerprint density at radius 2 is 1.89 bits per heavy atom. The molecule has 19 heavy (non-hydrogen) atoms. The molecular formula is C13H13BrF2N2S. The smallest absolute Gasteiger partial charge is 0.129 e. The van der Waals surface area contributed by atoms with Gasteiger partial charge in [-0.2, -0.15) is 0 Å². The molecule has 0 aliphatic carbocycles. The molecule has 0 bridgehead atoms. The maximum atomic E-state index is 13.6. The van der Waals surface area contributed by atoms with Crippen molar-refractivity contribution in [3.63, 3.8) is 0 Å². The van der Waals surface area contributed by atoms with Crippen molar-refractivity contribution >= 4 is 27.3 Å². The van der Waals surface area contributed by atoms with Crippen LogP contribution in [-0.2, 0) is 12.8 Å². The van der Waals surface area contributed by atoms with Gasteiger partial charge in [0.15, 0.2) is 0 Å². The Balaban J connectivity index is 2.13. The summed E-state index contributed by atoms with van der Waals surface area (Å²) in [6.07, 6.45) is 0.821. The van der Waals surface area contributed by atoms with Crippen LogP contribution in [0.25, 0.3) is 0 Å². The number of rotatable bonds is 5. The van der Waals surface area contributed by atoms with E-state index in [0.717, 1.165) is 9.35 Å². The highest BCUT2D eigenvalue weighted by molar-refractivity contribution is 9.10. The molecule has 0 aliphatic heterocycles. The van der Waals surface area contributed by atoms with Gasteiger partial charge in [0.1, 0.15) is 11.6 Å². The number of thiophene rings is 1. The molecule has 0 fully saturated rings. The van der Waals surface area contributed by atoms with Gasteiger partial charge in [0.2, 0.25) is 0 Å². The predicted molar refractivity (Wildman–Crippen MR) is 76.9 cm³/mol. The van der Waals surface area contributed by atoms with Gasteiger partial charge < -0.3 is 0 Å². The first-order valence-corrected chi connectivity index (χ1v) is 7.40. The minimum absolute atomic E-state index is 0.0677. The van der Waals surface area contributed by atoms with E-state index in [1.807, 2.05) is 11.4 Å². The molecule has 1 atom stereocenters. The summed E-state index contributed by atoms with van der Waals surface area (Å²) >= 11 is 5.01. The molecular weight excluding hydrogens is 334 g/mol. The molecule has 102 valence electrons. The van der Waals surface area contributed by atoms with Crippen molar-refractivity contribution in [1.29, 1.82) is 0 Å². The highest BCUT2D eigenvalue weighted by Gasteiger charge is 2.16. The van der Waals surface area contributed by atoms with Gasteiger partial charge in [-0.05, 0) is 52.4 Å². The van der Waals surface area contributed by atoms with Gasteiger partial charge in [0, 0.05) is 21.0 Å². The molecule has 2 nitrogen and oxygen atoms in total. The Labute approximate surface area is 122 Å². The van der Waals surface area contributed by atoms with Gasteiger partial charge in [0.25, 0.3) is 0 Å². The van der Waals surface area contributed by atoms with E-state index in [1.54, 1.807) is 11.3 Å². The largest absolute Gasteiger partial charge is 0.271 e. The first-order chi connectivity index (χ1) is 9.11. The standard InChI is InChI=1S/C13H13BrF2N2S/c14-10-4-5-19-13(10)7-8(18-17)6-9-11(15)2-1-3-12(9)16/h1-5,8,18H,6-7,17H2. The van der Waals surface area contributed by atoms with Gasteiger partial charge in [-0.3, -0.25) is 11.3 Å². The summed E-state index contributed by atoms with van der Waals surface area (Å²) in [7, 11) is 0. The van der Waals surface area contributed by atoms with Crippen molar-refractivity contribution in [1.82, 2.24) is 5.43 Å². The molecule has 1 aromatic heterocycles. The lowest BCUT2D eigenvalue weighted by Crippen LogP contribution is -2.38. The van der Waals surface area contributed by atoms with E-state index < -0.39 is 11.6 Å². The minimum Gasteiger partial charge on any atom is -0.271 e. The normalized spacial score (nSPS) is 12.6. The molecule has 1 aromatic carbocycles. The molecule has 3 N–H and O–H groups in total. The lowest BCUT2D eigenvalue weighted by molar-refractivity contribution is 0.486. The van der Waals surface area contributed by atoms with Crippen LogP contribution in [0, 0.1) is 11.6 Å². The Kier molecular flexibility index (Phi) is 5.04. The number of nitrogens with one attached hydrogen (secondary N) is 1. The highest BCUT2D eigenvalue weighted by Crippen LogP contribution is 2.25. The number of benzene rings is 1. The molecule has 0 amide bonds. The van der Waals surface area contributed by atoms with Crippen molar-refractivity contribution in [3.05, 3.63) is 56.2 Å². The summed E-state index contributed by atoms with van der Waals surface area (Å²) in [5.74, 6) is 4.41. The van der Waals surface area contributed by atoms with Crippen LogP contribution in [0.4, 0.5) is 8.78 Å². The molecule has 0 aliphatic rings. The topological polar surface area (TPSA) is 38.0 Å². The summed E-state index contributed by atoms with van der Waals surface area (Å²) in [6.45, 7) is 0.